The molecule has 1 amide bonds. The van der Waals surface area contributed by atoms with Crippen LogP contribution in [0, 0.1) is 6.92 Å². The Morgan fingerprint density at radius 2 is 2.19 bits per heavy atom. The zero-order valence-corrected chi connectivity index (χ0v) is 15.5. The number of hydrogen-bond acceptors (Lipinski definition) is 5. The lowest BCUT2D eigenvalue weighted by Gasteiger charge is -2.35. The molecule has 26 heavy (non-hydrogen) atoms. The van der Waals surface area contributed by atoms with E-state index in [1.807, 2.05) is 31.8 Å². The Morgan fingerprint density at radius 1 is 1.42 bits per heavy atom. The Morgan fingerprint density at radius 3 is 2.85 bits per heavy atom. The minimum Gasteiger partial charge on any atom is -0.353 e. The number of carbonyl (C=O) groups is 1. The highest BCUT2D eigenvalue weighted by Crippen LogP contribution is 2.35. The Kier molecular flexibility index (Phi) is 5.39. The summed E-state index contributed by atoms with van der Waals surface area (Å²) >= 11 is 0. The van der Waals surface area contributed by atoms with E-state index in [2.05, 4.69) is 20.3 Å². The highest BCUT2D eigenvalue weighted by molar-refractivity contribution is 5.76. The lowest BCUT2D eigenvalue weighted by atomic mass is 9.78. The molecule has 1 fully saturated rings. The molecule has 0 radical (unpaired) electrons. The van der Waals surface area contributed by atoms with Gasteiger partial charge in [-0.25, -0.2) is 9.97 Å². The van der Waals surface area contributed by atoms with Gasteiger partial charge in [-0.05, 0) is 26.2 Å². The molecule has 1 saturated carbocycles. The van der Waals surface area contributed by atoms with Crippen molar-refractivity contribution in [2.24, 2.45) is 0 Å². The third kappa shape index (κ3) is 4.30. The highest BCUT2D eigenvalue weighted by atomic mass is 16.1. The number of H-pyrrole nitrogens is 1. The van der Waals surface area contributed by atoms with E-state index in [1.165, 1.54) is 0 Å². The van der Waals surface area contributed by atoms with Crippen LogP contribution in [-0.4, -0.2) is 45.6 Å². The molecule has 1 aliphatic rings. The fourth-order valence-electron chi connectivity index (χ4n) is 3.21. The second-order valence-electron chi connectivity index (χ2n) is 7.09. The molecule has 0 aromatic carbocycles. The van der Waals surface area contributed by atoms with Gasteiger partial charge in [0.25, 0.3) is 5.56 Å². The van der Waals surface area contributed by atoms with Crippen molar-refractivity contribution in [1.82, 2.24) is 24.8 Å². The van der Waals surface area contributed by atoms with Crippen molar-refractivity contribution >= 4 is 11.9 Å². The summed E-state index contributed by atoms with van der Waals surface area (Å²) in [5.74, 6) is 1.85. The van der Waals surface area contributed by atoms with Crippen molar-refractivity contribution in [1.29, 1.82) is 0 Å². The molecule has 0 aliphatic heterocycles. The average molecular weight is 358 g/mol. The number of imidazole rings is 1. The first-order valence-corrected chi connectivity index (χ1v) is 8.98. The molecule has 2 aromatic heterocycles. The monoisotopic (exact) mass is 358 g/mol. The van der Waals surface area contributed by atoms with E-state index in [1.54, 1.807) is 17.2 Å². The quantitative estimate of drug-likeness (QED) is 0.775. The van der Waals surface area contributed by atoms with Crippen LogP contribution >= 0.6 is 0 Å². The number of aromatic nitrogens is 4. The molecule has 2 N–H and O–H groups in total. The topological polar surface area (TPSA) is 95.9 Å². The van der Waals surface area contributed by atoms with E-state index in [-0.39, 0.29) is 23.4 Å². The summed E-state index contributed by atoms with van der Waals surface area (Å²) in [6, 6.07) is 1.73. The van der Waals surface area contributed by atoms with Crippen molar-refractivity contribution in [3.8, 4) is 0 Å². The van der Waals surface area contributed by atoms with E-state index in [0.29, 0.717) is 12.4 Å². The Balaban J connectivity index is 1.43. The number of amides is 1. The minimum atomic E-state index is -0.138. The van der Waals surface area contributed by atoms with Crippen molar-refractivity contribution in [3.63, 3.8) is 0 Å². The van der Waals surface area contributed by atoms with Gasteiger partial charge in [-0.15, -0.1) is 0 Å². The average Bonchev–Trinajstić information content (AvgIpc) is 2.95. The summed E-state index contributed by atoms with van der Waals surface area (Å²) in [5, 5.41) is 3.07. The first kappa shape index (κ1) is 18.2. The molecule has 2 aromatic rings. The Labute approximate surface area is 152 Å². The van der Waals surface area contributed by atoms with Gasteiger partial charge in [-0.1, -0.05) is 0 Å². The molecule has 0 bridgehead atoms. The van der Waals surface area contributed by atoms with Crippen LogP contribution in [0.25, 0.3) is 0 Å². The van der Waals surface area contributed by atoms with Crippen molar-refractivity contribution in [2.45, 2.75) is 51.1 Å². The van der Waals surface area contributed by atoms with Crippen molar-refractivity contribution in [3.05, 3.63) is 40.3 Å². The van der Waals surface area contributed by atoms with Gasteiger partial charge < -0.3 is 14.8 Å². The fourth-order valence-corrected chi connectivity index (χ4v) is 3.21. The minimum absolute atomic E-state index is 0.0825. The van der Waals surface area contributed by atoms with Gasteiger partial charge in [0.15, 0.2) is 0 Å². The number of aryl methyl sites for hydroxylation is 2. The van der Waals surface area contributed by atoms with Gasteiger partial charge >= 0.3 is 0 Å². The fraction of sp³-hybridized carbons (Fsp3) is 0.556. The largest absolute Gasteiger partial charge is 0.353 e. The number of anilines is 1. The third-order valence-electron chi connectivity index (χ3n) is 4.82. The molecule has 2 heterocycles. The van der Waals surface area contributed by atoms with E-state index in [0.717, 1.165) is 37.3 Å². The number of nitrogens with one attached hydrogen (secondary N) is 2. The molecule has 0 unspecified atom stereocenters. The predicted molar refractivity (Wildman–Crippen MR) is 99.3 cm³/mol. The smallest absolute Gasteiger partial charge is 0.252 e. The first-order chi connectivity index (χ1) is 12.4. The van der Waals surface area contributed by atoms with E-state index >= 15 is 0 Å². The standard InChI is InChI=1S/C18H26N6O2/c1-12-19-6-8-24(12)7-4-5-16(25)20-14-9-13(10-14)15-11-17(26)22-18(21-15)23(2)3/h6,8,11,13-14H,4-5,7,9-10H2,1-3H3,(H,20,25)(H,21,22,26). The van der Waals surface area contributed by atoms with E-state index in [4.69, 9.17) is 0 Å². The zero-order chi connectivity index (χ0) is 18.7. The number of aromatic amines is 1. The van der Waals surface area contributed by atoms with Crippen LogP contribution < -0.4 is 15.8 Å². The van der Waals surface area contributed by atoms with Crippen molar-refractivity contribution in [2.75, 3.05) is 19.0 Å². The molecule has 140 valence electrons. The van der Waals surface area contributed by atoms with Crippen LogP contribution in [0.15, 0.2) is 23.3 Å². The zero-order valence-electron chi connectivity index (χ0n) is 15.5. The molecule has 1 aliphatic carbocycles. The van der Waals surface area contributed by atoms with E-state index in [9.17, 15) is 9.59 Å². The summed E-state index contributed by atoms with van der Waals surface area (Å²) in [6.07, 6.45) is 6.66. The number of carbonyl (C=O) groups excluding carboxylic acids is 1. The van der Waals surface area contributed by atoms with Crippen LogP contribution in [0.4, 0.5) is 5.95 Å². The van der Waals surface area contributed by atoms with Gasteiger partial charge in [-0.2, -0.15) is 0 Å². The van der Waals surface area contributed by atoms with Crippen molar-refractivity contribution < 1.29 is 4.79 Å². The maximum absolute atomic E-state index is 12.1. The summed E-state index contributed by atoms with van der Waals surface area (Å²) in [6.45, 7) is 2.76. The molecule has 0 saturated heterocycles. The van der Waals surface area contributed by atoms with Gasteiger partial charge in [-0.3, -0.25) is 14.6 Å². The third-order valence-corrected chi connectivity index (χ3v) is 4.82. The van der Waals surface area contributed by atoms with Crippen LogP contribution in [-0.2, 0) is 11.3 Å². The summed E-state index contributed by atoms with van der Waals surface area (Å²) in [4.78, 5) is 37.0. The second-order valence-corrected chi connectivity index (χ2v) is 7.09. The van der Waals surface area contributed by atoms with Crippen LogP contribution in [0.5, 0.6) is 0 Å². The van der Waals surface area contributed by atoms with Crippen LogP contribution in [0.3, 0.4) is 0 Å². The maximum Gasteiger partial charge on any atom is 0.252 e. The number of nitrogens with zero attached hydrogens (tertiary/aromatic N) is 4. The summed E-state index contributed by atoms with van der Waals surface area (Å²) in [5.41, 5.74) is 0.666. The Hall–Kier alpha value is -2.64. The molecular weight excluding hydrogens is 332 g/mol. The van der Waals surface area contributed by atoms with Gasteiger partial charge in [0, 0.05) is 57.5 Å². The molecule has 0 spiro atoms. The normalized spacial score (nSPS) is 19.0. The second kappa shape index (κ2) is 7.72. The van der Waals surface area contributed by atoms with Crippen LogP contribution in [0.2, 0.25) is 0 Å². The SMILES string of the molecule is Cc1nccn1CCCC(=O)NC1CC(c2cc(=O)[nH]c(N(C)C)n2)C1. The molecular formula is C18H26N6O2. The van der Waals surface area contributed by atoms with Gasteiger partial charge in [0.05, 0.1) is 5.69 Å². The van der Waals surface area contributed by atoms with E-state index < -0.39 is 0 Å². The molecule has 0 atom stereocenters. The van der Waals surface area contributed by atoms with Crippen LogP contribution in [0.1, 0.15) is 43.1 Å². The maximum atomic E-state index is 12.1. The summed E-state index contributed by atoms with van der Waals surface area (Å²) in [7, 11) is 3.69. The number of hydrogen-bond donors (Lipinski definition) is 2. The lowest BCUT2D eigenvalue weighted by Crippen LogP contribution is -2.43. The lowest BCUT2D eigenvalue weighted by molar-refractivity contribution is -0.122. The van der Waals surface area contributed by atoms with Gasteiger partial charge in [0.1, 0.15) is 5.82 Å². The first-order valence-electron chi connectivity index (χ1n) is 8.98. The predicted octanol–water partition coefficient (Wildman–Crippen LogP) is 1.18. The van der Waals surface area contributed by atoms with Gasteiger partial charge in [0.2, 0.25) is 11.9 Å². The molecule has 3 rings (SSSR count). The highest BCUT2D eigenvalue weighted by Gasteiger charge is 2.32. The molecule has 8 nitrogen and oxygen atoms in total. The molecule has 8 heteroatoms. The number of rotatable bonds is 7. The Bertz CT molecular complexity index is 819. The summed E-state index contributed by atoms with van der Waals surface area (Å²) < 4.78 is 2.05.